The lowest BCUT2D eigenvalue weighted by Gasteiger charge is -2.19. The fourth-order valence-corrected chi connectivity index (χ4v) is 5.31. The number of rotatable bonds is 8. The van der Waals surface area contributed by atoms with Gasteiger partial charge in [-0.15, -0.1) is 0 Å². The maximum Gasteiger partial charge on any atom is 0.268 e. The Morgan fingerprint density at radius 2 is 1.62 bits per heavy atom. The summed E-state index contributed by atoms with van der Waals surface area (Å²) >= 11 is 0. The van der Waals surface area contributed by atoms with Crippen molar-refractivity contribution in [2.24, 2.45) is 0 Å². The molecule has 0 aliphatic carbocycles. The van der Waals surface area contributed by atoms with E-state index in [9.17, 15) is 13.2 Å². The number of fused-ring (bicyclic) bond motifs is 1. The number of amides is 1. The van der Waals surface area contributed by atoms with Gasteiger partial charge in [0.2, 0.25) is 0 Å². The number of hydrogen-bond donors (Lipinski definition) is 3. The predicted octanol–water partition coefficient (Wildman–Crippen LogP) is 6.77. The van der Waals surface area contributed by atoms with Gasteiger partial charge in [0.1, 0.15) is 5.69 Å². The van der Waals surface area contributed by atoms with Gasteiger partial charge in [0.05, 0.1) is 4.90 Å². The second kappa shape index (κ2) is 10.4. The molecule has 0 unspecified atom stereocenters. The Labute approximate surface area is 219 Å². The summed E-state index contributed by atoms with van der Waals surface area (Å²) in [6.07, 6.45) is 1.88. The zero-order valence-corrected chi connectivity index (χ0v) is 22.9. The number of carbonyl (C=O) groups is 1. The molecule has 0 aliphatic heterocycles. The second-order valence-electron chi connectivity index (χ2n) is 10.5. The van der Waals surface area contributed by atoms with Crippen LogP contribution in [-0.4, -0.2) is 25.9 Å². The van der Waals surface area contributed by atoms with Crippen molar-refractivity contribution < 1.29 is 13.2 Å². The molecule has 0 bridgehead atoms. The highest BCUT2D eigenvalue weighted by atomic mass is 32.2. The van der Waals surface area contributed by atoms with Crippen LogP contribution in [0.15, 0.2) is 71.6 Å². The Hall–Kier alpha value is -3.58. The first-order valence-corrected chi connectivity index (χ1v) is 14.1. The van der Waals surface area contributed by atoms with E-state index in [1.807, 2.05) is 43.3 Å². The molecule has 1 amide bonds. The van der Waals surface area contributed by atoms with E-state index in [1.165, 1.54) is 0 Å². The minimum Gasteiger partial charge on any atom is -0.351 e. The molecule has 7 heteroatoms. The predicted molar refractivity (Wildman–Crippen MR) is 152 cm³/mol. The standard InChI is InChI=1S/C30H35N3O3S/c1-6-7-18-31-29(34)28-27(21-10-8-20(2)9-11-21)25-19-23(14-17-26(25)32-28)33-37(35,36)24-15-12-22(13-16-24)30(3,4)5/h8-17,19,32-33H,6-7,18H2,1-5H3,(H,31,34). The molecule has 0 aliphatic rings. The molecule has 0 radical (unpaired) electrons. The molecule has 6 nitrogen and oxygen atoms in total. The first kappa shape index (κ1) is 26.5. The van der Waals surface area contributed by atoms with Crippen molar-refractivity contribution in [2.45, 2.75) is 57.8 Å². The number of anilines is 1. The first-order valence-electron chi connectivity index (χ1n) is 12.6. The molecule has 4 aromatic rings. The second-order valence-corrected chi connectivity index (χ2v) is 12.2. The molecule has 0 fully saturated rings. The summed E-state index contributed by atoms with van der Waals surface area (Å²) in [5.74, 6) is -0.179. The summed E-state index contributed by atoms with van der Waals surface area (Å²) in [4.78, 5) is 16.5. The van der Waals surface area contributed by atoms with Crippen LogP contribution in [0, 0.1) is 6.92 Å². The number of sulfonamides is 1. The normalized spacial score (nSPS) is 12.0. The number of aryl methyl sites for hydroxylation is 1. The van der Waals surface area contributed by atoms with Crippen molar-refractivity contribution in [1.29, 1.82) is 0 Å². The van der Waals surface area contributed by atoms with E-state index in [4.69, 9.17) is 0 Å². The Kier molecular flexibility index (Phi) is 7.46. The SMILES string of the molecule is CCCCNC(=O)c1[nH]c2ccc(NS(=O)(=O)c3ccc(C(C)(C)C)cc3)cc2c1-c1ccc(C)cc1. The lowest BCUT2D eigenvalue weighted by Crippen LogP contribution is -2.25. The largest absolute Gasteiger partial charge is 0.351 e. The summed E-state index contributed by atoms with van der Waals surface area (Å²) in [5, 5.41) is 3.76. The quantitative estimate of drug-likeness (QED) is 0.225. The van der Waals surface area contributed by atoms with E-state index < -0.39 is 10.0 Å². The number of aromatic amines is 1. The zero-order valence-electron chi connectivity index (χ0n) is 22.1. The highest BCUT2D eigenvalue weighted by Gasteiger charge is 2.21. The van der Waals surface area contributed by atoms with Crippen LogP contribution < -0.4 is 10.0 Å². The molecule has 37 heavy (non-hydrogen) atoms. The number of aromatic nitrogens is 1. The van der Waals surface area contributed by atoms with E-state index in [1.54, 1.807) is 30.3 Å². The van der Waals surface area contributed by atoms with E-state index in [0.29, 0.717) is 17.9 Å². The van der Waals surface area contributed by atoms with Gasteiger partial charge in [-0.1, -0.05) is 76.1 Å². The Balaban J connectivity index is 1.73. The summed E-state index contributed by atoms with van der Waals surface area (Å²) in [6, 6.07) is 20.2. The average Bonchev–Trinajstić information content (AvgIpc) is 3.23. The lowest BCUT2D eigenvalue weighted by molar-refractivity contribution is 0.0949. The number of H-pyrrole nitrogens is 1. The van der Waals surface area contributed by atoms with E-state index >= 15 is 0 Å². The minimum absolute atomic E-state index is 0.0675. The fraction of sp³-hybridized carbons (Fsp3) is 0.300. The van der Waals surface area contributed by atoms with Crippen LogP contribution in [0.3, 0.4) is 0 Å². The van der Waals surface area contributed by atoms with Crippen LogP contribution in [-0.2, 0) is 15.4 Å². The van der Waals surface area contributed by atoms with Crippen molar-refractivity contribution in [3.63, 3.8) is 0 Å². The fourth-order valence-electron chi connectivity index (χ4n) is 4.26. The molecule has 0 spiro atoms. The third-order valence-corrected chi connectivity index (χ3v) is 7.86. The van der Waals surface area contributed by atoms with E-state index in [0.717, 1.165) is 46.0 Å². The molecular weight excluding hydrogens is 482 g/mol. The van der Waals surface area contributed by atoms with Crippen molar-refractivity contribution >= 4 is 32.5 Å². The van der Waals surface area contributed by atoms with Crippen LogP contribution in [0.2, 0.25) is 0 Å². The van der Waals surface area contributed by atoms with Gasteiger partial charge in [-0.3, -0.25) is 9.52 Å². The van der Waals surface area contributed by atoms with E-state index in [2.05, 4.69) is 42.7 Å². The summed E-state index contributed by atoms with van der Waals surface area (Å²) in [7, 11) is -3.79. The van der Waals surface area contributed by atoms with Crippen LogP contribution in [0.1, 0.15) is 62.2 Å². The molecule has 4 rings (SSSR count). The van der Waals surface area contributed by atoms with Gasteiger partial charge < -0.3 is 10.3 Å². The van der Waals surface area contributed by atoms with Crippen molar-refractivity contribution in [3.05, 3.63) is 83.6 Å². The summed E-state index contributed by atoms with van der Waals surface area (Å²) < 4.78 is 29.0. The molecule has 3 N–H and O–H groups in total. The molecule has 1 heterocycles. The first-order chi connectivity index (χ1) is 17.5. The number of nitrogens with one attached hydrogen (secondary N) is 3. The van der Waals surface area contributed by atoms with Gasteiger partial charge in [0, 0.05) is 28.7 Å². The highest BCUT2D eigenvalue weighted by Crippen LogP contribution is 2.35. The van der Waals surface area contributed by atoms with Crippen molar-refractivity contribution in [1.82, 2.24) is 10.3 Å². The van der Waals surface area contributed by atoms with Crippen LogP contribution in [0.25, 0.3) is 22.0 Å². The third kappa shape index (κ3) is 5.88. The zero-order chi connectivity index (χ0) is 26.8. The third-order valence-electron chi connectivity index (χ3n) is 6.46. The smallest absolute Gasteiger partial charge is 0.268 e. The highest BCUT2D eigenvalue weighted by molar-refractivity contribution is 7.92. The van der Waals surface area contributed by atoms with Gasteiger partial charge >= 0.3 is 0 Å². The lowest BCUT2D eigenvalue weighted by atomic mass is 9.87. The molecule has 3 aromatic carbocycles. The topological polar surface area (TPSA) is 91.1 Å². The summed E-state index contributed by atoms with van der Waals surface area (Å²) in [5.41, 5.74) is 5.40. The van der Waals surface area contributed by atoms with Crippen LogP contribution >= 0.6 is 0 Å². The van der Waals surface area contributed by atoms with Crippen molar-refractivity contribution in [2.75, 3.05) is 11.3 Å². The molecule has 0 atom stereocenters. The molecular formula is C30H35N3O3S. The van der Waals surface area contributed by atoms with Crippen molar-refractivity contribution in [3.8, 4) is 11.1 Å². The Bertz CT molecular complexity index is 1510. The maximum absolute atomic E-state index is 13.2. The van der Waals surface area contributed by atoms with Gasteiger partial charge in [0.15, 0.2) is 0 Å². The van der Waals surface area contributed by atoms with Gasteiger partial charge in [-0.2, -0.15) is 0 Å². The maximum atomic E-state index is 13.2. The number of carbonyl (C=O) groups excluding carboxylic acids is 1. The minimum atomic E-state index is -3.79. The van der Waals surface area contributed by atoms with Gasteiger partial charge in [-0.05, 0) is 60.2 Å². The molecule has 0 saturated heterocycles. The van der Waals surface area contributed by atoms with Crippen LogP contribution in [0.4, 0.5) is 5.69 Å². The number of unbranched alkanes of at least 4 members (excludes halogenated alkanes) is 1. The summed E-state index contributed by atoms with van der Waals surface area (Å²) in [6.45, 7) is 10.9. The molecule has 1 aromatic heterocycles. The monoisotopic (exact) mass is 517 g/mol. The molecule has 194 valence electrons. The molecule has 0 saturated carbocycles. The van der Waals surface area contributed by atoms with Gasteiger partial charge in [-0.25, -0.2) is 8.42 Å². The average molecular weight is 518 g/mol. The Morgan fingerprint density at radius 1 is 0.946 bits per heavy atom. The number of hydrogen-bond acceptors (Lipinski definition) is 3. The Morgan fingerprint density at radius 3 is 2.24 bits per heavy atom. The van der Waals surface area contributed by atoms with E-state index in [-0.39, 0.29) is 16.2 Å². The van der Waals surface area contributed by atoms with Gasteiger partial charge in [0.25, 0.3) is 15.9 Å². The number of benzene rings is 3. The van der Waals surface area contributed by atoms with Crippen LogP contribution in [0.5, 0.6) is 0 Å².